The van der Waals surface area contributed by atoms with Crippen molar-refractivity contribution in [2.24, 2.45) is 7.05 Å². The summed E-state index contributed by atoms with van der Waals surface area (Å²) in [7, 11) is 2.21. The summed E-state index contributed by atoms with van der Waals surface area (Å²) in [5, 5.41) is 0. The van der Waals surface area contributed by atoms with E-state index in [-0.39, 0.29) is 0 Å². The van der Waals surface area contributed by atoms with E-state index in [0.717, 1.165) is 0 Å². The molecule has 0 radical (unpaired) electrons. The predicted molar refractivity (Wildman–Crippen MR) is 74.4 cm³/mol. The van der Waals surface area contributed by atoms with Crippen LogP contribution in [0.1, 0.15) is 29.7 Å². The number of nitrogens with zero attached hydrogens (tertiary/aromatic N) is 1. The smallest absolute Gasteiger partial charge is 0.198 e. The first-order valence-electron chi connectivity index (χ1n) is 6.84. The van der Waals surface area contributed by atoms with Crippen molar-refractivity contribution >= 4 is 0 Å². The zero-order valence-corrected chi connectivity index (χ0v) is 11.2. The van der Waals surface area contributed by atoms with Gasteiger partial charge in [-0.3, -0.25) is 0 Å². The summed E-state index contributed by atoms with van der Waals surface area (Å²) >= 11 is 0. The Morgan fingerprint density at radius 1 is 0.944 bits per heavy atom. The minimum absolute atomic E-state index is 1.23. The lowest BCUT2D eigenvalue weighted by Crippen LogP contribution is -2.38. The molecule has 0 amide bonds. The third kappa shape index (κ3) is 1.84. The van der Waals surface area contributed by atoms with Crippen molar-refractivity contribution in [3.8, 4) is 11.3 Å². The number of hydrogen-bond donors (Lipinski definition) is 0. The Bertz CT molecular complexity index is 584. The SMILES string of the molecule is Cc1ccccc1-c1ccc2c([n+]1C)CCCC2. The van der Waals surface area contributed by atoms with E-state index in [1.165, 1.54) is 48.2 Å². The van der Waals surface area contributed by atoms with Gasteiger partial charge < -0.3 is 0 Å². The number of aromatic nitrogens is 1. The van der Waals surface area contributed by atoms with Crippen LogP contribution in [0.5, 0.6) is 0 Å². The van der Waals surface area contributed by atoms with Crippen LogP contribution in [0.15, 0.2) is 36.4 Å². The van der Waals surface area contributed by atoms with E-state index < -0.39 is 0 Å². The molecule has 1 aromatic heterocycles. The highest BCUT2D eigenvalue weighted by molar-refractivity contribution is 5.61. The first kappa shape index (κ1) is 11.5. The number of pyridine rings is 1. The second-order valence-corrected chi connectivity index (χ2v) is 5.27. The van der Waals surface area contributed by atoms with Gasteiger partial charge in [-0.1, -0.05) is 18.2 Å². The van der Waals surface area contributed by atoms with Crippen molar-refractivity contribution in [3.63, 3.8) is 0 Å². The molecular formula is C17H20N+. The molecule has 0 unspecified atom stereocenters. The maximum Gasteiger partial charge on any atom is 0.212 e. The molecule has 2 aromatic rings. The summed E-state index contributed by atoms with van der Waals surface area (Å²) in [6.45, 7) is 2.19. The fourth-order valence-corrected chi connectivity index (χ4v) is 3.04. The number of rotatable bonds is 1. The second kappa shape index (κ2) is 4.56. The quantitative estimate of drug-likeness (QED) is 0.671. The molecule has 0 fully saturated rings. The minimum atomic E-state index is 1.23. The topological polar surface area (TPSA) is 3.88 Å². The Morgan fingerprint density at radius 2 is 1.72 bits per heavy atom. The molecule has 92 valence electrons. The molecule has 1 aromatic carbocycles. The Balaban J connectivity index is 2.17. The van der Waals surface area contributed by atoms with Crippen LogP contribution in [0.25, 0.3) is 11.3 Å². The van der Waals surface area contributed by atoms with Crippen molar-refractivity contribution in [1.82, 2.24) is 0 Å². The van der Waals surface area contributed by atoms with Crippen LogP contribution in [0.2, 0.25) is 0 Å². The molecule has 18 heavy (non-hydrogen) atoms. The maximum atomic E-state index is 2.40. The van der Waals surface area contributed by atoms with E-state index in [4.69, 9.17) is 0 Å². The monoisotopic (exact) mass is 238 g/mol. The fraction of sp³-hybridized carbons (Fsp3) is 0.353. The van der Waals surface area contributed by atoms with E-state index >= 15 is 0 Å². The number of aryl methyl sites for hydroxylation is 2. The Morgan fingerprint density at radius 3 is 2.56 bits per heavy atom. The third-order valence-electron chi connectivity index (χ3n) is 4.11. The molecule has 0 N–H and O–H groups in total. The van der Waals surface area contributed by atoms with Gasteiger partial charge in [-0.2, -0.15) is 4.57 Å². The fourth-order valence-electron chi connectivity index (χ4n) is 3.04. The molecule has 1 nitrogen and oxygen atoms in total. The van der Waals surface area contributed by atoms with Gasteiger partial charge in [0.05, 0.1) is 0 Å². The summed E-state index contributed by atoms with van der Waals surface area (Å²) in [5.41, 5.74) is 7.12. The van der Waals surface area contributed by atoms with Crippen molar-refractivity contribution in [1.29, 1.82) is 0 Å². The molecule has 0 aliphatic heterocycles. The van der Waals surface area contributed by atoms with E-state index in [0.29, 0.717) is 0 Å². The summed E-state index contributed by atoms with van der Waals surface area (Å²) in [5.74, 6) is 0. The third-order valence-corrected chi connectivity index (χ3v) is 4.11. The Kier molecular flexibility index (Phi) is 2.91. The summed E-state index contributed by atoms with van der Waals surface area (Å²) in [6, 6.07) is 13.3. The van der Waals surface area contributed by atoms with Crippen LogP contribution >= 0.6 is 0 Å². The Hall–Kier alpha value is -1.63. The molecule has 1 aliphatic rings. The zero-order valence-electron chi connectivity index (χ0n) is 11.2. The number of hydrogen-bond acceptors (Lipinski definition) is 0. The summed E-state index contributed by atoms with van der Waals surface area (Å²) in [6.07, 6.45) is 5.15. The van der Waals surface area contributed by atoms with Gasteiger partial charge in [0.15, 0.2) is 5.69 Å². The van der Waals surface area contributed by atoms with Gasteiger partial charge in [0, 0.05) is 23.6 Å². The average Bonchev–Trinajstić information content (AvgIpc) is 2.41. The molecule has 1 heterocycles. The van der Waals surface area contributed by atoms with E-state index in [2.05, 4.69) is 54.9 Å². The van der Waals surface area contributed by atoms with Crippen LogP contribution in [-0.4, -0.2) is 0 Å². The highest BCUT2D eigenvalue weighted by Gasteiger charge is 2.22. The van der Waals surface area contributed by atoms with Crippen LogP contribution in [0, 0.1) is 6.92 Å². The largest absolute Gasteiger partial charge is 0.212 e. The summed E-state index contributed by atoms with van der Waals surface area (Å²) in [4.78, 5) is 0. The van der Waals surface area contributed by atoms with Crippen LogP contribution in [-0.2, 0) is 19.9 Å². The van der Waals surface area contributed by atoms with Gasteiger partial charge in [-0.15, -0.1) is 0 Å². The lowest BCUT2D eigenvalue weighted by atomic mass is 9.94. The molecule has 0 spiro atoms. The average molecular weight is 238 g/mol. The van der Waals surface area contributed by atoms with Gasteiger partial charge in [-0.05, 0) is 43.9 Å². The molecule has 0 saturated carbocycles. The lowest BCUT2D eigenvalue weighted by molar-refractivity contribution is -0.669. The molecule has 1 aliphatic carbocycles. The zero-order chi connectivity index (χ0) is 12.5. The normalized spacial score (nSPS) is 14.3. The van der Waals surface area contributed by atoms with Crippen molar-refractivity contribution < 1.29 is 4.57 Å². The van der Waals surface area contributed by atoms with Crippen molar-refractivity contribution in [2.45, 2.75) is 32.6 Å². The molecular weight excluding hydrogens is 218 g/mol. The van der Waals surface area contributed by atoms with Gasteiger partial charge in [0.1, 0.15) is 7.05 Å². The highest BCUT2D eigenvalue weighted by atomic mass is 14.9. The maximum absolute atomic E-state index is 2.40. The van der Waals surface area contributed by atoms with Gasteiger partial charge in [0.25, 0.3) is 0 Å². The predicted octanol–water partition coefficient (Wildman–Crippen LogP) is 3.37. The first-order chi connectivity index (χ1) is 8.77. The molecule has 0 atom stereocenters. The highest BCUT2D eigenvalue weighted by Crippen LogP contribution is 2.24. The molecule has 0 saturated heterocycles. The first-order valence-corrected chi connectivity index (χ1v) is 6.84. The van der Waals surface area contributed by atoms with E-state index in [1.807, 2.05) is 0 Å². The van der Waals surface area contributed by atoms with E-state index in [1.54, 1.807) is 5.56 Å². The number of fused-ring (bicyclic) bond motifs is 1. The Labute approximate surface area is 109 Å². The lowest BCUT2D eigenvalue weighted by Gasteiger charge is -2.15. The number of benzene rings is 1. The van der Waals surface area contributed by atoms with Crippen LogP contribution in [0.3, 0.4) is 0 Å². The van der Waals surface area contributed by atoms with Crippen LogP contribution in [0.4, 0.5) is 0 Å². The molecule has 3 rings (SSSR count). The van der Waals surface area contributed by atoms with Gasteiger partial charge >= 0.3 is 0 Å². The van der Waals surface area contributed by atoms with Gasteiger partial charge in [0.2, 0.25) is 5.69 Å². The van der Waals surface area contributed by atoms with Gasteiger partial charge in [-0.25, -0.2) is 0 Å². The minimum Gasteiger partial charge on any atom is -0.198 e. The molecule has 0 bridgehead atoms. The van der Waals surface area contributed by atoms with Crippen molar-refractivity contribution in [3.05, 3.63) is 53.2 Å². The second-order valence-electron chi connectivity index (χ2n) is 5.27. The summed E-state index contributed by atoms with van der Waals surface area (Å²) < 4.78 is 2.40. The van der Waals surface area contributed by atoms with Crippen LogP contribution < -0.4 is 4.57 Å². The standard InChI is InChI=1S/C17H20N/c1-13-7-3-5-9-15(13)17-12-11-14-8-4-6-10-16(14)18(17)2/h3,5,7,9,11-12H,4,6,8,10H2,1-2H3/q+1. The van der Waals surface area contributed by atoms with E-state index in [9.17, 15) is 0 Å². The molecule has 1 heteroatoms. The van der Waals surface area contributed by atoms with Crippen molar-refractivity contribution in [2.75, 3.05) is 0 Å².